The van der Waals surface area contributed by atoms with E-state index in [1.54, 1.807) is 56.3 Å². The van der Waals surface area contributed by atoms with E-state index in [0.29, 0.717) is 28.8 Å². The van der Waals surface area contributed by atoms with Gasteiger partial charge in [-0.15, -0.1) is 0 Å². The number of amides is 1. The van der Waals surface area contributed by atoms with Crippen LogP contribution in [0.15, 0.2) is 65.6 Å². The molecule has 3 aromatic rings. The van der Waals surface area contributed by atoms with Gasteiger partial charge in [-0.2, -0.15) is 17.9 Å². The normalized spacial score (nSPS) is 12.9. The number of carbonyl (C=O) groups is 1. The SMILES string of the molecule is Cc1cc(C)c(S(=O)(=O)N[C@H](Cc2ccccc2)C(=O)Nc2ccc(F)c(C(F)(F)F)c2)c(C)c1. The molecule has 0 saturated heterocycles. The molecule has 0 spiro atoms. The molecule has 0 aliphatic heterocycles. The second kappa shape index (κ2) is 10.2. The molecule has 186 valence electrons. The Morgan fingerprint density at radius 3 is 2.11 bits per heavy atom. The minimum Gasteiger partial charge on any atom is -0.325 e. The van der Waals surface area contributed by atoms with Crippen molar-refractivity contribution in [3.63, 3.8) is 0 Å². The number of rotatable bonds is 7. The molecule has 0 heterocycles. The molecule has 5 nitrogen and oxygen atoms in total. The largest absolute Gasteiger partial charge is 0.419 e. The van der Waals surface area contributed by atoms with Gasteiger partial charge < -0.3 is 5.32 Å². The molecular weight excluding hydrogens is 484 g/mol. The average molecular weight is 509 g/mol. The summed E-state index contributed by atoms with van der Waals surface area (Å²) in [5.41, 5.74) is 0.617. The van der Waals surface area contributed by atoms with Gasteiger partial charge in [-0.25, -0.2) is 12.8 Å². The van der Waals surface area contributed by atoms with Crippen molar-refractivity contribution in [1.29, 1.82) is 0 Å². The van der Waals surface area contributed by atoms with Crippen LogP contribution in [0.4, 0.5) is 23.2 Å². The summed E-state index contributed by atoms with van der Waals surface area (Å²) in [6.07, 6.45) is -5.03. The Hall–Kier alpha value is -3.24. The van der Waals surface area contributed by atoms with Gasteiger partial charge in [0.15, 0.2) is 0 Å². The first-order valence-electron chi connectivity index (χ1n) is 10.6. The van der Waals surface area contributed by atoms with Crippen LogP contribution >= 0.6 is 0 Å². The maximum absolute atomic E-state index is 13.6. The molecule has 0 aliphatic rings. The van der Waals surface area contributed by atoms with E-state index in [2.05, 4.69) is 10.0 Å². The molecule has 0 bridgehead atoms. The first-order valence-corrected chi connectivity index (χ1v) is 12.1. The van der Waals surface area contributed by atoms with Crippen molar-refractivity contribution in [3.05, 3.63) is 94.3 Å². The molecule has 1 atom stereocenters. The number of anilines is 1. The van der Waals surface area contributed by atoms with Crippen LogP contribution in [0, 0.1) is 26.6 Å². The van der Waals surface area contributed by atoms with Gasteiger partial charge in [-0.05, 0) is 62.1 Å². The Bertz CT molecular complexity index is 1320. The lowest BCUT2D eigenvalue weighted by molar-refractivity contribution is -0.140. The minimum atomic E-state index is -4.96. The third kappa shape index (κ3) is 6.46. The van der Waals surface area contributed by atoms with Crippen LogP contribution in [0.2, 0.25) is 0 Å². The summed E-state index contributed by atoms with van der Waals surface area (Å²) in [4.78, 5) is 13.1. The smallest absolute Gasteiger partial charge is 0.325 e. The highest BCUT2D eigenvalue weighted by molar-refractivity contribution is 7.89. The second-order valence-corrected chi connectivity index (χ2v) is 9.92. The van der Waals surface area contributed by atoms with Crippen molar-refractivity contribution in [2.24, 2.45) is 0 Å². The van der Waals surface area contributed by atoms with Crippen molar-refractivity contribution in [3.8, 4) is 0 Å². The fourth-order valence-electron chi connectivity index (χ4n) is 3.92. The van der Waals surface area contributed by atoms with Crippen LogP contribution in [0.3, 0.4) is 0 Å². The zero-order valence-electron chi connectivity index (χ0n) is 19.2. The van der Waals surface area contributed by atoms with Gasteiger partial charge in [0.25, 0.3) is 0 Å². The zero-order valence-corrected chi connectivity index (χ0v) is 20.0. The van der Waals surface area contributed by atoms with E-state index in [9.17, 15) is 30.8 Å². The zero-order chi connectivity index (χ0) is 26.0. The summed E-state index contributed by atoms with van der Waals surface area (Å²) in [7, 11) is -4.18. The molecule has 0 radical (unpaired) electrons. The number of sulfonamides is 1. The van der Waals surface area contributed by atoms with Crippen LogP contribution in [0.1, 0.15) is 27.8 Å². The van der Waals surface area contributed by atoms with Gasteiger partial charge in [0.2, 0.25) is 15.9 Å². The van der Waals surface area contributed by atoms with Gasteiger partial charge in [0.05, 0.1) is 10.5 Å². The van der Waals surface area contributed by atoms with Crippen molar-refractivity contribution < 1.29 is 30.8 Å². The quantitative estimate of drug-likeness (QED) is 0.426. The molecular formula is C25H24F4N2O3S. The first-order chi connectivity index (χ1) is 16.3. The maximum atomic E-state index is 13.6. The molecule has 10 heteroatoms. The maximum Gasteiger partial charge on any atom is 0.419 e. The number of nitrogens with one attached hydrogen (secondary N) is 2. The van der Waals surface area contributed by atoms with Crippen LogP contribution in [0.5, 0.6) is 0 Å². The van der Waals surface area contributed by atoms with E-state index in [0.717, 1.165) is 11.6 Å². The molecule has 2 N–H and O–H groups in total. The van der Waals surface area contributed by atoms with Gasteiger partial charge in [-0.3, -0.25) is 4.79 Å². The number of hydrogen-bond donors (Lipinski definition) is 2. The highest BCUT2D eigenvalue weighted by Crippen LogP contribution is 2.33. The van der Waals surface area contributed by atoms with Crippen LogP contribution in [-0.4, -0.2) is 20.4 Å². The van der Waals surface area contributed by atoms with Crippen molar-refractivity contribution in [2.75, 3.05) is 5.32 Å². The van der Waals surface area contributed by atoms with E-state index < -0.39 is 39.5 Å². The van der Waals surface area contributed by atoms with Crippen molar-refractivity contribution >= 4 is 21.6 Å². The lowest BCUT2D eigenvalue weighted by atomic mass is 10.1. The minimum absolute atomic E-state index is 0.0232. The fourth-order valence-corrected chi connectivity index (χ4v) is 5.57. The van der Waals surface area contributed by atoms with E-state index in [1.165, 1.54) is 0 Å². The number of halogens is 4. The third-order valence-electron chi connectivity index (χ3n) is 5.31. The number of carbonyl (C=O) groups excluding carboxylic acids is 1. The summed E-state index contributed by atoms with van der Waals surface area (Å²) in [6.45, 7) is 5.10. The van der Waals surface area contributed by atoms with E-state index >= 15 is 0 Å². The van der Waals surface area contributed by atoms with E-state index in [4.69, 9.17) is 0 Å². The Labute approximate surface area is 201 Å². The third-order valence-corrected chi connectivity index (χ3v) is 7.09. The Morgan fingerprint density at radius 2 is 1.54 bits per heavy atom. The summed E-state index contributed by atoms with van der Waals surface area (Å²) in [5, 5.41) is 2.28. The fraction of sp³-hybridized carbons (Fsp3) is 0.240. The summed E-state index contributed by atoms with van der Waals surface area (Å²) >= 11 is 0. The topological polar surface area (TPSA) is 75.3 Å². The Balaban J connectivity index is 1.96. The molecule has 0 fully saturated rings. The standard InChI is InChI=1S/C25H24F4N2O3S/c1-15-11-16(2)23(17(3)12-15)35(33,34)31-22(13-18-7-5-4-6-8-18)24(32)30-19-9-10-21(26)20(14-19)25(27,28)29/h4-12,14,22,31H,13H2,1-3H3,(H,30,32)/t22-/m1/s1. The van der Waals surface area contributed by atoms with Gasteiger partial charge in [-0.1, -0.05) is 48.0 Å². The molecule has 35 heavy (non-hydrogen) atoms. The lowest BCUT2D eigenvalue weighted by Gasteiger charge is -2.21. The summed E-state index contributed by atoms with van der Waals surface area (Å²) in [5.74, 6) is -2.37. The molecule has 0 unspecified atom stereocenters. The van der Waals surface area contributed by atoms with E-state index in [-0.39, 0.29) is 17.0 Å². The summed E-state index contributed by atoms with van der Waals surface area (Å²) in [6, 6.07) is 12.6. The van der Waals surface area contributed by atoms with Gasteiger partial charge >= 0.3 is 6.18 Å². The Kier molecular flexibility index (Phi) is 7.66. The van der Waals surface area contributed by atoms with Crippen LogP contribution in [0.25, 0.3) is 0 Å². The molecule has 0 aliphatic carbocycles. The predicted octanol–water partition coefficient (Wildman–Crippen LogP) is 5.30. The first kappa shape index (κ1) is 26.4. The van der Waals surface area contributed by atoms with E-state index in [1.807, 2.05) is 6.92 Å². The van der Waals surface area contributed by atoms with Gasteiger partial charge in [0.1, 0.15) is 11.9 Å². The monoisotopic (exact) mass is 508 g/mol. The molecule has 1 amide bonds. The number of benzene rings is 3. The number of hydrogen-bond acceptors (Lipinski definition) is 3. The lowest BCUT2D eigenvalue weighted by Crippen LogP contribution is -2.45. The van der Waals surface area contributed by atoms with Crippen molar-refractivity contribution in [2.45, 2.75) is 44.3 Å². The molecule has 0 aromatic heterocycles. The predicted molar refractivity (Wildman–Crippen MR) is 125 cm³/mol. The Morgan fingerprint density at radius 1 is 0.943 bits per heavy atom. The average Bonchev–Trinajstić information content (AvgIpc) is 2.73. The highest BCUT2D eigenvalue weighted by Gasteiger charge is 2.35. The molecule has 0 saturated carbocycles. The van der Waals surface area contributed by atoms with Gasteiger partial charge in [0, 0.05) is 5.69 Å². The summed E-state index contributed by atoms with van der Waals surface area (Å²) < 4.78 is 81.9. The van der Waals surface area contributed by atoms with Crippen LogP contribution in [-0.2, 0) is 27.4 Å². The highest BCUT2D eigenvalue weighted by atomic mass is 32.2. The number of alkyl halides is 3. The number of aryl methyl sites for hydroxylation is 3. The van der Waals surface area contributed by atoms with Crippen LogP contribution < -0.4 is 10.0 Å². The molecule has 3 rings (SSSR count). The molecule has 3 aromatic carbocycles. The van der Waals surface area contributed by atoms with Crippen molar-refractivity contribution in [1.82, 2.24) is 4.72 Å². The second-order valence-electron chi connectivity index (χ2n) is 8.27.